The van der Waals surface area contributed by atoms with E-state index < -0.39 is 10.0 Å². The second kappa shape index (κ2) is 9.35. The van der Waals surface area contributed by atoms with E-state index in [4.69, 9.17) is 0 Å². The van der Waals surface area contributed by atoms with Gasteiger partial charge in [0.1, 0.15) is 6.17 Å². The molecule has 2 heterocycles. The first-order valence-corrected chi connectivity index (χ1v) is 12.9. The van der Waals surface area contributed by atoms with Crippen molar-refractivity contribution < 1.29 is 13.2 Å². The standard InChI is InChI=1S/C22H32N6O3S/c1-3-27(4-2)32(30,31)17-9-7-16(8-10-17)25-21-20-19(12-14-24-22(20)29)28(26-21)18(11-13-23)15-5-6-15/h7-10,15,18-21,25-26H,3-6,11-12,14H2,1-2H3,(H,24,29)/t18-,19?,20?,21?/m0/s1. The van der Waals surface area contributed by atoms with Crippen LogP contribution in [0.15, 0.2) is 29.2 Å². The van der Waals surface area contributed by atoms with Gasteiger partial charge in [-0.05, 0) is 49.4 Å². The highest BCUT2D eigenvalue weighted by Gasteiger charge is 2.51. The minimum Gasteiger partial charge on any atom is -0.368 e. The van der Waals surface area contributed by atoms with Crippen molar-refractivity contribution in [3.05, 3.63) is 24.3 Å². The van der Waals surface area contributed by atoms with E-state index in [1.165, 1.54) is 4.31 Å². The molecular formula is C22H32N6O3S. The number of hydrogen-bond acceptors (Lipinski definition) is 7. The van der Waals surface area contributed by atoms with Crippen LogP contribution in [0.5, 0.6) is 0 Å². The van der Waals surface area contributed by atoms with Gasteiger partial charge in [0, 0.05) is 37.4 Å². The zero-order chi connectivity index (χ0) is 22.9. The Morgan fingerprint density at radius 1 is 1.22 bits per heavy atom. The molecule has 32 heavy (non-hydrogen) atoms. The van der Waals surface area contributed by atoms with Gasteiger partial charge in [0.15, 0.2) is 0 Å². The predicted molar refractivity (Wildman–Crippen MR) is 121 cm³/mol. The molecule has 174 valence electrons. The average molecular weight is 461 g/mol. The SMILES string of the molecule is CCN(CC)S(=O)(=O)c1ccc(NC2NN([C@@H](CC#N)C3CC3)C3CCNC(=O)C23)cc1. The quantitative estimate of drug-likeness (QED) is 0.511. The number of nitriles is 1. The predicted octanol–water partition coefficient (Wildman–Crippen LogP) is 1.47. The molecule has 2 saturated heterocycles. The molecule has 3 unspecified atom stereocenters. The molecule has 4 atom stereocenters. The molecule has 3 aliphatic rings. The summed E-state index contributed by atoms with van der Waals surface area (Å²) in [6, 6.07) is 9.13. The number of carbonyl (C=O) groups excluding carboxylic acids is 1. The summed E-state index contributed by atoms with van der Waals surface area (Å²) in [5, 5.41) is 17.8. The van der Waals surface area contributed by atoms with Crippen LogP contribution in [0.2, 0.25) is 0 Å². The Hall–Kier alpha value is -2.19. The monoisotopic (exact) mass is 460 g/mol. The largest absolute Gasteiger partial charge is 0.368 e. The van der Waals surface area contributed by atoms with E-state index in [0.717, 1.165) is 24.9 Å². The summed E-state index contributed by atoms with van der Waals surface area (Å²) in [6.07, 6.45) is 3.18. The van der Waals surface area contributed by atoms with E-state index in [2.05, 4.69) is 27.1 Å². The second-order valence-corrected chi connectivity index (χ2v) is 10.6. The van der Waals surface area contributed by atoms with Crippen LogP contribution in [0.3, 0.4) is 0 Å². The number of fused-ring (bicyclic) bond motifs is 1. The molecule has 10 heteroatoms. The maximum Gasteiger partial charge on any atom is 0.243 e. The number of benzene rings is 1. The molecule has 0 radical (unpaired) electrons. The fourth-order valence-electron chi connectivity index (χ4n) is 4.98. The van der Waals surface area contributed by atoms with Crippen molar-refractivity contribution in [3.8, 4) is 6.07 Å². The van der Waals surface area contributed by atoms with E-state index in [0.29, 0.717) is 32.0 Å². The average Bonchev–Trinajstić information content (AvgIpc) is 3.55. The van der Waals surface area contributed by atoms with Crippen LogP contribution in [-0.2, 0) is 14.8 Å². The molecule has 9 nitrogen and oxygen atoms in total. The van der Waals surface area contributed by atoms with Gasteiger partial charge < -0.3 is 10.6 Å². The lowest BCUT2D eigenvalue weighted by atomic mass is 9.90. The molecule has 1 amide bonds. The summed E-state index contributed by atoms with van der Waals surface area (Å²) in [7, 11) is -3.51. The van der Waals surface area contributed by atoms with Crippen molar-refractivity contribution >= 4 is 21.6 Å². The smallest absolute Gasteiger partial charge is 0.243 e. The molecule has 4 rings (SSSR count). The molecular weight excluding hydrogens is 428 g/mol. The summed E-state index contributed by atoms with van der Waals surface area (Å²) < 4.78 is 26.9. The summed E-state index contributed by atoms with van der Waals surface area (Å²) in [4.78, 5) is 13.0. The summed E-state index contributed by atoms with van der Waals surface area (Å²) >= 11 is 0. The first-order valence-electron chi connectivity index (χ1n) is 11.5. The molecule has 3 N–H and O–H groups in total. The van der Waals surface area contributed by atoms with Crippen molar-refractivity contribution in [2.24, 2.45) is 11.8 Å². The molecule has 1 aromatic carbocycles. The van der Waals surface area contributed by atoms with Crippen LogP contribution in [-0.4, -0.2) is 61.5 Å². The van der Waals surface area contributed by atoms with Gasteiger partial charge in [-0.1, -0.05) is 13.8 Å². The maximum atomic E-state index is 12.7. The summed E-state index contributed by atoms with van der Waals surface area (Å²) in [5.74, 6) is 0.208. The van der Waals surface area contributed by atoms with Crippen molar-refractivity contribution in [3.63, 3.8) is 0 Å². The van der Waals surface area contributed by atoms with Gasteiger partial charge in [-0.15, -0.1) is 0 Å². The van der Waals surface area contributed by atoms with Crippen LogP contribution < -0.4 is 16.1 Å². The number of sulfonamides is 1. The topological polar surface area (TPSA) is 118 Å². The van der Waals surface area contributed by atoms with Crippen molar-refractivity contribution in [1.82, 2.24) is 20.1 Å². The number of hydrazine groups is 1. The van der Waals surface area contributed by atoms with Gasteiger partial charge in [-0.2, -0.15) is 9.57 Å². The number of hydrogen-bond donors (Lipinski definition) is 3. The lowest BCUT2D eigenvalue weighted by Gasteiger charge is -2.34. The Bertz CT molecular complexity index is 968. The van der Waals surface area contributed by atoms with E-state index in [-0.39, 0.29) is 35.0 Å². The highest BCUT2D eigenvalue weighted by Crippen LogP contribution is 2.41. The third kappa shape index (κ3) is 4.35. The van der Waals surface area contributed by atoms with Crippen LogP contribution in [0, 0.1) is 23.2 Å². The van der Waals surface area contributed by atoms with E-state index >= 15 is 0 Å². The lowest BCUT2D eigenvalue weighted by Crippen LogP contribution is -2.52. The van der Waals surface area contributed by atoms with E-state index in [1.54, 1.807) is 24.3 Å². The minimum absolute atomic E-state index is 0.000913. The third-order valence-corrected chi connectivity index (χ3v) is 8.87. The molecule has 0 bridgehead atoms. The van der Waals surface area contributed by atoms with Gasteiger partial charge in [-0.25, -0.2) is 18.9 Å². The summed E-state index contributed by atoms with van der Waals surface area (Å²) in [6.45, 7) is 5.11. The number of piperidine rings is 1. The van der Waals surface area contributed by atoms with Crippen LogP contribution in [0.1, 0.15) is 39.5 Å². The molecule has 1 saturated carbocycles. The van der Waals surface area contributed by atoms with Gasteiger partial charge in [-0.3, -0.25) is 4.79 Å². The number of amides is 1. The highest BCUT2D eigenvalue weighted by atomic mass is 32.2. The van der Waals surface area contributed by atoms with Crippen LogP contribution in [0.25, 0.3) is 0 Å². The van der Waals surface area contributed by atoms with Crippen molar-refractivity contribution in [2.45, 2.75) is 62.7 Å². The third-order valence-electron chi connectivity index (χ3n) is 6.80. The van der Waals surface area contributed by atoms with Gasteiger partial charge in [0.2, 0.25) is 15.9 Å². The Morgan fingerprint density at radius 2 is 1.91 bits per heavy atom. The minimum atomic E-state index is -3.51. The molecule has 3 fully saturated rings. The van der Waals surface area contributed by atoms with Crippen LogP contribution >= 0.6 is 0 Å². The first kappa shape index (κ1) is 23.0. The van der Waals surface area contributed by atoms with Crippen molar-refractivity contribution in [1.29, 1.82) is 5.26 Å². The normalized spacial score (nSPS) is 26.9. The molecule has 1 aromatic rings. The zero-order valence-electron chi connectivity index (χ0n) is 18.6. The molecule has 0 aromatic heterocycles. The molecule has 0 spiro atoms. The zero-order valence-corrected chi connectivity index (χ0v) is 19.4. The lowest BCUT2D eigenvalue weighted by molar-refractivity contribution is -0.128. The van der Waals surface area contributed by atoms with Gasteiger partial charge in [0.05, 0.1) is 23.3 Å². The fraction of sp³-hybridized carbons (Fsp3) is 0.636. The maximum absolute atomic E-state index is 12.7. The number of anilines is 1. The fourth-order valence-corrected chi connectivity index (χ4v) is 6.44. The number of carbonyl (C=O) groups is 1. The highest BCUT2D eigenvalue weighted by molar-refractivity contribution is 7.89. The Labute approximate surface area is 190 Å². The number of nitrogens with one attached hydrogen (secondary N) is 3. The molecule has 1 aliphatic carbocycles. The molecule has 2 aliphatic heterocycles. The Kier molecular flexibility index (Phi) is 6.72. The Morgan fingerprint density at radius 3 is 2.50 bits per heavy atom. The van der Waals surface area contributed by atoms with Crippen LogP contribution in [0.4, 0.5) is 5.69 Å². The van der Waals surface area contributed by atoms with Gasteiger partial charge >= 0.3 is 0 Å². The Balaban J connectivity index is 1.53. The number of nitrogens with zero attached hydrogens (tertiary/aromatic N) is 3. The van der Waals surface area contributed by atoms with E-state index in [9.17, 15) is 18.5 Å². The van der Waals surface area contributed by atoms with E-state index in [1.807, 2.05) is 13.8 Å². The first-order chi connectivity index (χ1) is 15.4. The second-order valence-electron chi connectivity index (χ2n) is 8.71. The van der Waals surface area contributed by atoms with Crippen molar-refractivity contribution in [2.75, 3.05) is 25.0 Å². The number of rotatable bonds is 9. The summed E-state index contributed by atoms with van der Waals surface area (Å²) in [5.41, 5.74) is 4.22. The van der Waals surface area contributed by atoms with Gasteiger partial charge in [0.25, 0.3) is 0 Å².